The van der Waals surface area contributed by atoms with Crippen molar-refractivity contribution in [2.24, 2.45) is 10.8 Å². The van der Waals surface area contributed by atoms with Crippen LogP contribution in [0.5, 0.6) is 0 Å². The van der Waals surface area contributed by atoms with Gasteiger partial charge in [0.15, 0.2) is 0 Å². The molecule has 2 rings (SSSR count). The summed E-state index contributed by atoms with van der Waals surface area (Å²) in [6, 6.07) is 0. The molecule has 32 heavy (non-hydrogen) atoms. The largest absolute Gasteiger partial charge is 0.534 e. The summed E-state index contributed by atoms with van der Waals surface area (Å²) in [5.41, 5.74) is -16.9. The van der Waals surface area contributed by atoms with Crippen molar-refractivity contribution in [2.45, 2.75) is 23.9 Å². The zero-order valence-electron chi connectivity index (χ0n) is 15.7. The van der Waals surface area contributed by atoms with E-state index in [1.54, 1.807) is 0 Å². The first-order valence-corrected chi connectivity index (χ1v) is 10.7. The third-order valence-electron chi connectivity index (χ3n) is 4.62. The first kappa shape index (κ1) is 25.8. The van der Waals surface area contributed by atoms with Crippen LogP contribution in [0.2, 0.25) is 0 Å². The second-order valence-corrected chi connectivity index (χ2v) is 9.54. The summed E-state index contributed by atoms with van der Waals surface area (Å²) in [7, 11) is -11.0. The first-order valence-electron chi connectivity index (χ1n) is 7.90. The van der Waals surface area contributed by atoms with E-state index < -0.39 is 78.4 Å². The standard InChI is InChI=1S/C14H12F6O10S2/c1-27-9(21)11-3-7(29-31(23,24)13(15,16)17)5-12(11,10(22)28-2)6-8(4-11)30-32(25,26)14(18,19)20/h3,6H,4-5H2,1-2H3/t11-,12+/m1/s1. The number of methoxy groups -OCH3 is 2. The van der Waals surface area contributed by atoms with Crippen LogP contribution in [0.15, 0.2) is 23.7 Å². The first-order chi connectivity index (χ1) is 14.3. The highest BCUT2D eigenvalue weighted by Gasteiger charge is 2.69. The van der Waals surface area contributed by atoms with E-state index in [9.17, 15) is 52.8 Å². The minimum Gasteiger partial charge on any atom is -0.468 e. The van der Waals surface area contributed by atoms with Gasteiger partial charge in [-0.05, 0) is 12.2 Å². The Labute approximate surface area is 176 Å². The molecule has 0 radical (unpaired) electrons. The smallest absolute Gasteiger partial charge is 0.468 e. The summed E-state index contributed by atoms with van der Waals surface area (Å²) in [6.07, 6.45) is -1.48. The van der Waals surface area contributed by atoms with Gasteiger partial charge >= 0.3 is 43.2 Å². The molecule has 2 atom stereocenters. The molecule has 2 aliphatic rings. The quantitative estimate of drug-likeness (QED) is 0.221. The van der Waals surface area contributed by atoms with Gasteiger partial charge in [-0.3, -0.25) is 9.59 Å². The molecule has 0 spiro atoms. The van der Waals surface area contributed by atoms with Crippen molar-refractivity contribution in [1.82, 2.24) is 0 Å². The monoisotopic (exact) mass is 518 g/mol. The third kappa shape index (κ3) is 3.89. The number of esters is 2. The van der Waals surface area contributed by atoms with Gasteiger partial charge in [-0.15, -0.1) is 0 Å². The highest BCUT2D eigenvalue weighted by molar-refractivity contribution is 7.88. The average molecular weight is 518 g/mol. The number of ether oxygens (including phenoxy) is 2. The molecular weight excluding hydrogens is 506 g/mol. The van der Waals surface area contributed by atoms with Crippen molar-refractivity contribution in [3.8, 4) is 0 Å². The molecule has 0 aromatic carbocycles. The van der Waals surface area contributed by atoms with E-state index in [4.69, 9.17) is 0 Å². The van der Waals surface area contributed by atoms with Crippen LogP contribution in [0.3, 0.4) is 0 Å². The maximum absolute atomic E-state index is 12.6. The molecule has 18 heteroatoms. The summed E-state index contributed by atoms with van der Waals surface area (Å²) in [6.45, 7) is 0. The van der Waals surface area contributed by atoms with Crippen molar-refractivity contribution in [3.05, 3.63) is 23.7 Å². The van der Waals surface area contributed by atoms with Crippen molar-refractivity contribution in [1.29, 1.82) is 0 Å². The summed E-state index contributed by atoms with van der Waals surface area (Å²) < 4.78 is 138. The maximum atomic E-state index is 12.6. The number of rotatable bonds is 6. The second-order valence-electron chi connectivity index (χ2n) is 6.47. The lowest BCUT2D eigenvalue weighted by molar-refractivity contribution is -0.167. The van der Waals surface area contributed by atoms with Crippen LogP contribution in [0, 0.1) is 10.8 Å². The maximum Gasteiger partial charge on any atom is 0.534 e. The number of fused-ring (bicyclic) bond motifs is 1. The van der Waals surface area contributed by atoms with Crippen LogP contribution in [-0.4, -0.2) is 54.0 Å². The Bertz CT molecular complexity index is 1010. The third-order valence-corrected chi connectivity index (χ3v) is 6.62. The van der Waals surface area contributed by atoms with E-state index in [-0.39, 0.29) is 0 Å². The normalized spacial score (nSPS) is 26.0. The molecule has 0 amide bonds. The predicted octanol–water partition coefficient (Wildman–Crippen LogP) is 1.61. The summed E-state index contributed by atoms with van der Waals surface area (Å²) >= 11 is 0. The lowest BCUT2D eigenvalue weighted by Gasteiger charge is -2.33. The molecule has 0 saturated carbocycles. The Morgan fingerprint density at radius 1 is 0.750 bits per heavy atom. The number of carbonyl (C=O) groups excluding carboxylic acids is 2. The van der Waals surface area contributed by atoms with E-state index in [2.05, 4.69) is 17.8 Å². The minimum atomic E-state index is -6.26. The zero-order chi connectivity index (χ0) is 25.0. The van der Waals surface area contributed by atoms with Gasteiger partial charge in [0.2, 0.25) is 0 Å². The van der Waals surface area contributed by atoms with Crippen molar-refractivity contribution in [3.63, 3.8) is 0 Å². The Hall–Kier alpha value is -2.50. The Morgan fingerprint density at radius 2 is 1.03 bits per heavy atom. The van der Waals surface area contributed by atoms with Crippen LogP contribution >= 0.6 is 0 Å². The highest BCUT2D eigenvalue weighted by atomic mass is 32.2. The molecule has 0 fully saturated rings. The van der Waals surface area contributed by atoms with Gasteiger partial charge in [0.25, 0.3) is 0 Å². The molecule has 10 nitrogen and oxygen atoms in total. The number of carbonyl (C=O) groups is 2. The van der Waals surface area contributed by atoms with E-state index in [0.29, 0.717) is 12.2 Å². The molecule has 0 bridgehead atoms. The fourth-order valence-corrected chi connectivity index (χ4v) is 4.32. The van der Waals surface area contributed by atoms with Crippen molar-refractivity contribution >= 4 is 32.2 Å². The fraction of sp³-hybridized carbons (Fsp3) is 0.571. The predicted molar refractivity (Wildman–Crippen MR) is 86.4 cm³/mol. The Kier molecular flexibility index (Phi) is 6.06. The molecule has 0 N–H and O–H groups in total. The van der Waals surface area contributed by atoms with Crippen molar-refractivity contribution < 1.29 is 70.6 Å². The van der Waals surface area contributed by atoms with Gasteiger partial charge in [0, 0.05) is 12.8 Å². The van der Waals surface area contributed by atoms with Gasteiger partial charge in [0.1, 0.15) is 22.3 Å². The number of halogens is 6. The summed E-state index contributed by atoms with van der Waals surface area (Å²) in [5.74, 6) is -5.09. The topological polar surface area (TPSA) is 139 Å². The molecular formula is C14H12F6O10S2. The zero-order valence-corrected chi connectivity index (χ0v) is 17.4. The minimum absolute atomic E-state index is 0.409. The number of hydrogen-bond acceptors (Lipinski definition) is 10. The lowest BCUT2D eigenvalue weighted by atomic mass is 9.67. The van der Waals surface area contributed by atoms with Crippen LogP contribution in [-0.2, 0) is 47.7 Å². The fourth-order valence-electron chi connectivity index (χ4n) is 3.35. The van der Waals surface area contributed by atoms with Crippen LogP contribution < -0.4 is 0 Å². The molecule has 0 unspecified atom stereocenters. The van der Waals surface area contributed by atoms with Gasteiger partial charge in [-0.1, -0.05) is 0 Å². The summed E-state index contributed by atoms with van der Waals surface area (Å²) in [5, 5.41) is 0. The second kappa shape index (κ2) is 7.53. The molecule has 0 saturated heterocycles. The van der Waals surface area contributed by atoms with E-state index in [0.717, 1.165) is 14.2 Å². The van der Waals surface area contributed by atoms with Crippen molar-refractivity contribution in [2.75, 3.05) is 14.2 Å². The van der Waals surface area contributed by atoms with Crippen LogP contribution in [0.25, 0.3) is 0 Å². The van der Waals surface area contributed by atoms with E-state index in [1.807, 2.05) is 0 Å². The SMILES string of the molecule is COC(=O)[C@]12C=C(OS(=O)(=O)C(F)(F)F)C[C@@]1(C(=O)OC)C=C(OS(=O)(=O)C(F)(F)F)C2. The number of alkyl halides is 6. The summed E-state index contributed by atoms with van der Waals surface area (Å²) in [4.78, 5) is 25.0. The number of hydrogen-bond donors (Lipinski definition) is 0. The Balaban J connectivity index is 2.63. The highest BCUT2D eigenvalue weighted by Crippen LogP contribution is 2.62. The van der Waals surface area contributed by atoms with Crippen LogP contribution in [0.1, 0.15) is 12.8 Å². The van der Waals surface area contributed by atoms with Gasteiger partial charge in [0.05, 0.1) is 14.2 Å². The van der Waals surface area contributed by atoms with E-state index >= 15 is 0 Å². The van der Waals surface area contributed by atoms with Gasteiger partial charge < -0.3 is 17.8 Å². The number of allylic oxidation sites excluding steroid dienone is 2. The molecule has 0 aromatic heterocycles. The molecule has 0 aliphatic heterocycles. The van der Waals surface area contributed by atoms with Crippen LogP contribution in [0.4, 0.5) is 26.3 Å². The molecule has 0 heterocycles. The average Bonchev–Trinajstić information content (AvgIpc) is 3.07. The van der Waals surface area contributed by atoms with Gasteiger partial charge in [-0.25, -0.2) is 0 Å². The Morgan fingerprint density at radius 3 is 1.25 bits per heavy atom. The molecule has 2 aliphatic carbocycles. The molecule has 182 valence electrons. The lowest BCUT2D eigenvalue weighted by Crippen LogP contribution is -2.46. The van der Waals surface area contributed by atoms with Gasteiger partial charge in [-0.2, -0.15) is 43.2 Å². The molecule has 0 aromatic rings. The van der Waals surface area contributed by atoms with E-state index in [1.165, 1.54) is 0 Å².